The molecule has 2 rings (SSSR count). The Bertz CT molecular complexity index is 622. The van der Waals surface area contributed by atoms with Crippen molar-refractivity contribution in [3.8, 4) is 0 Å². The fourth-order valence-electron chi connectivity index (χ4n) is 2.52. The normalized spacial score (nSPS) is 10.5. The quantitative estimate of drug-likeness (QED) is 0.825. The van der Waals surface area contributed by atoms with Gasteiger partial charge >= 0.3 is 0 Å². The van der Waals surface area contributed by atoms with Crippen molar-refractivity contribution >= 4 is 5.91 Å². The van der Waals surface area contributed by atoms with Crippen LogP contribution < -0.4 is 10.6 Å². The van der Waals surface area contributed by atoms with Crippen LogP contribution in [0, 0.1) is 6.92 Å². The summed E-state index contributed by atoms with van der Waals surface area (Å²) in [5.74, 6) is 0.0142. The first kappa shape index (κ1) is 16.2. The molecule has 0 bridgehead atoms. The van der Waals surface area contributed by atoms with E-state index in [9.17, 15) is 4.79 Å². The maximum Gasteiger partial charge on any atom is 0.251 e. The largest absolute Gasteiger partial charge is 0.352 e. The van der Waals surface area contributed by atoms with Gasteiger partial charge in [-0.05, 0) is 56.1 Å². The third-order valence-corrected chi connectivity index (χ3v) is 3.85. The molecular weight excluding hydrogens is 272 g/mol. The van der Waals surface area contributed by atoms with Crippen LogP contribution in [0.1, 0.15) is 27.0 Å². The number of amides is 1. The van der Waals surface area contributed by atoms with E-state index >= 15 is 0 Å². The minimum Gasteiger partial charge on any atom is -0.352 e. The number of hydrogen-bond acceptors (Lipinski definition) is 2. The molecule has 0 spiro atoms. The molecule has 0 aliphatic rings. The Morgan fingerprint density at radius 3 is 2.27 bits per heavy atom. The Hall–Kier alpha value is -2.13. The molecule has 0 radical (unpaired) electrons. The first-order valence-corrected chi connectivity index (χ1v) is 7.77. The average molecular weight is 296 g/mol. The summed E-state index contributed by atoms with van der Waals surface area (Å²) in [6.45, 7) is 3.63. The summed E-state index contributed by atoms with van der Waals surface area (Å²) in [6.07, 6.45) is 1.72. The molecular formula is C19H24N2O. The van der Waals surface area contributed by atoms with Crippen molar-refractivity contribution in [1.82, 2.24) is 10.6 Å². The molecule has 2 aromatic carbocycles. The van der Waals surface area contributed by atoms with Crippen molar-refractivity contribution in [2.45, 2.75) is 19.8 Å². The van der Waals surface area contributed by atoms with Crippen molar-refractivity contribution in [1.29, 1.82) is 0 Å². The second kappa shape index (κ2) is 8.35. The molecule has 0 fully saturated rings. The van der Waals surface area contributed by atoms with Gasteiger partial charge < -0.3 is 10.6 Å². The van der Waals surface area contributed by atoms with Gasteiger partial charge in [-0.15, -0.1) is 0 Å². The molecule has 3 heteroatoms. The van der Waals surface area contributed by atoms with Crippen molar-refractivity contribution < 1.29 is 4.79 Å². The van der Waals surface area contributed by atoms with Gasteiger partial charge in [0.05, 0.1) is 0 Å². The summed E-state index contributed by atoms with van der Waals surface area (Å²) in [4.78, 5) is 12.4. The van der Waals surface area contributed by atoms with Gasteiger partial charge in [0.2, 0.25) is 0 Å². The molecule has 1 amide bonds. The third kappa shape index (κ3) is 4.43. The zero-order valence-electron chi connectivity index (χ0n) is 13.4. The minimum absolute atomic E-state index is 0.0142. The van der Waals surface area contributed by atoms with Crippen LogP contribution in [0.25, 0.3) is 0 Å². The smallest absolute Gasteiger partial charge is 0.251 e. The molecule has 0 saturated carbocycles. The molecule has 116 valence electrons. The van der Waals surface area contributed by atoms with Gasteiger partial charge in [-0.25, -0.2) is 0 Å². The van der Waals surface area contributed by atoms with Crippen LogP contribution >= 0.6 is 0 Å². The highest BCUT2D eigenvalue weighted by molar-refractivity contribution is 5.95. The molecule has 22 heavy (non-hydrogen) atoms. The monoisotopic (exact) mass is 296 g/mol. The fourth-order valence-corrected chi connectivity index (χ4v) is 2.52. The molecule has 3 nitrogen and oxygen atoms in total. The first-order chi connectivity index (χ1) is 10.7. The van der Waals surface area contributed by atoms with E-state index in [-0.39, 0.29) is 5.91 Å². The summed E-state index contributed by atoms with van der Waals surface area (Å²) in [5.41, 5.74) is 4.42. The highest BCUT2D eigenvalue weighted by Crippen LogP contribution is 2.10. The molecule has 0 aliphatic heterocycles. The lowest BCUT2D eigenvalue weighted by Crippen LogP contribution is -2.27. The predicted molar refractivity (Wildman–Crippen MR) is 91.3 cm³/mol. The van der Waals surface area contributed by atoms with E-state index in [2.05, 4.69) is 29.7 Å². The second-order valence-electron chi connectivity index (χ2n) is 5.44. The fraction of sp³-hybridized carbons (Fsp3) is 0.316. The van der Waals surface area contributed by atoms with Crippen LogP contribution in [-0.2, 0) is 12.8 Å². The lowest BCUT2D eigenvalue weighted by Gasteiger charge is -2.11. The lowest BCUT2D eigenvalue weighted by atomic mass is 10.0. The van der Waals surface area contributed by atoms with Gasteiger partial charge in [0.15, 0.2) is 0 Å². The van der Waals surface area contributed by atoms with Gasteiger partial charge in [0, 0.05) is 12.1 Å². The van der Waals surface area contributed by atoms with Crippen LogP contribution in [0.4, 0.5) is 0 Å². The Labute approximate surface area is 132 Å². The van der Waals surface area contributed by atoms with E-state index in [1.165, 1.54) is 11.1 Å². The summed E-state index contributed by atoms with van der Waals surface area (Å²) in [6, 6.07) is 16.1. The van der Waals surface area contributed by atoms with E-state index in [0.29, 0.717) is 6.54 Å². The van der Waals surface area contributed by atoms with E-state index in [1.54, 1.807) is 0 Å². The molecule has 0 unspecified atom stereocenters. The lowest BCUT2D eigenvalue weighted by molar-refractivity contribution is 0.0953. The van der Waals surface area contributed by atoms with Crippen LogP contribution in [0.2, 0.25) is 0 Å². The van der Waals surface area contributed by atoms with E-state index < -0.39 is 0 Å². The van der Waals surface area contributed by atoms with Gasteiger partial charge in [-0.2, -0.15) is 0 Å². The van der Waals surface area contributed by atoms with Crippen molar-refractivity contribution in [2.24, 2.45) is 0 Å². The van der Waals surface area contributed by atoms with E-state index in [1.807, 2.05) is 43.4 Å². The van der Waals surface area contributed by atoms with Crippen LogP contribution in [-0.4, -0.2) is 26.0 Å². The number of hydrogen-bond donors (Lipinski definition) is 2. The van der Waals surface area contributed by atoms with Crippen LogP contribution in [0.15, 0.2) is 48.5 Å². The Balaban J connectivity index is 1.94. The van der Waals surface area contributed by atoms with Crippen LogP contribution in [0.3, 0.4) is 0 Å². The average Bonchev–Trinajstić information content (AvgIpc) is 2.55. The van der Waals surface area contributed by atoms with Gasteiger partial charge in [0.1, 0.15) is 0 Å². The summed E-state index contributed by atoms with van der Waals surface area (Å²) in [5, 5.41) is 6.15. The van der Waals surface area contributed by atoms with Gasteiger partial charge in [-0.3, -0.25) is 4.79 Å². The number of aryl methyl sites for hydroxylation is 1. The summed E-state index contributed by atoms with van der Waals surface area (Å²) in [7, 11) is 1.92. The van der Waals surface area contributed by atoms with E-state index in [4.69, 9.17) is 0 Å². The molecule has 0 aromatic heterocycles. The summed E-state index contributed by atoms with van der Waals surface area (Å²) >= 11 is 0. The molecule has 0 aliphatic carbocycles. The number of benzene rings is 2. The highest BCUT2D eigenvalue weighted by atomic mass is 16.1. The summed E-state index contributed by atoms with van der Waals surface area (Å²) < 4.78 is 0. The van der Waals surface area contributed by atoms with Gasteiger partial charge in [-0.1, -0.05) is 42.5 Å². The maximum absolute atomic E-state index is 12.4. The molecule has 2 N–H and O–H groups in total. The Morgan fingerprint density at radius 2 is 1.55 bits per heavy atom. The molecule has 2 aromatic rings. The molecule has 0 atom stereocenters. The van der Waals surface area contributed by atoms with Crippen LogP contribution in [0.5, 0.6) is 0 Å². The van der Waals surface area contributed by atoms with Gasteiger partial charge in [0.25, 0.3) is 5.91 Å². The zero-order chi connectivity index (χ0) is 15.8. The Morgan fingerprint density at radius 1 is 0.909 bits per heavy atom. The number of likely N-dealkylation sites (N-methyl/N-ethyl adjacent to an activating group) is 1. The number of carbonyl (C=O) groups excluding carboxylic acids is 1. The third-order valence-electron chi connectivity index (χ3n) is 3.85. The van der Waals surface area contributed by atoms with E-state index in [0.717, 1.165) is 30.5 Å². The predicted octanol–water partition coefficient (Wildman–Crippen LogP) is 2.73. The number of carbonyl (C=O) groups is 1. The van der Waals surface area contributed by atoms with Crippen molar-refractivity contribution in [3.05, 3.63) is 70.8 Å². The zero-order valence-corrected chi connectivity index (χ0v) is 13.4. The Kier molecular flexibility index (Phi) is 6.16. The number of rotatable bonds is 7. The molecule has 0 heterocycles. The topological polar surface area (TPSA) is 41.1 Å². The SMILES string of the molecule is CNCCc1ccccc1C(=O)NCCc1ccccc1C. The van der Waals surface area contributed by atoms with Crippen molar-refractivity contribution in [2.75, 3.05) is 20.1 Å². The minimum atomic E-state index is 0.0142. The number of nitrogens with one attached hydrogen (secondary N) is 2. The standard InChI is InChI=1S/C19H24N2O/c1-15-7-3-4-8-16(15)12-14-21-19(22)18-10-6-5-9-17(18)11-13-20-2/h3-10,20H,11-14H2,1-2H3,(H,21,22). The second-order valence-corrected chi connectivity index (χ2v) is 5.44. The first-order valence-electron chi connectivity index (χ1n) is 7.77. The van der Waals surface area contributed by atoms with Crippen molar-refractivity contribution in [3.63, 3.8) is 0 Å². The molecule has 0 saturated heterocycles. The maximum atomic E-state index is 12.4. The highest BCUT2D eigenvalue weighted by Gasteiger charge is 2.10.